The molecule has 0 spiro atoms. The van der Waals surface area contributed by atoms with E-state index in [1.165, 1.54) is 6.07 Å². The molecule has 2 atom stereocenters. The summed E-state index contributed by atoms with van der Waals surface area (Å²) in [4.78, 5) is 11.7. The van der Waals surface area contributed by atoms with Gasteiger partial charge in [0.25, 0.3) is 0 Å². The SMILES string of the molecule is Cl.NCCCNC(=O)C1CC1c1cc(F)ccc1F. The zero-order chi connectivity index (χ0) is 13.1. The van der Waals surface area contributed by atoms with Gasteiger partial charge in [-0.2, -0.15) is 0 Å². The van der Waals surface area contributed by atoms with E-state index in [2.05, 4.69) is 5.32 Å². The highest BCUT2D eigenvalue weighted by atomic mass is 35.5. The number of hydrogen-bond acceptors (Lipinski definition) is 2. The predicted octanol–water partition coefficient (Wildman–Crippen LogP) is 1.96. The summed E-state index contributed by atoms with van der Waals surface area (Å²) in [5, 5.41) is 2.74. The maximum Gasteiger partial charge on any atom is 0.223 e. The number of carbonyl (C=O) groups is 1. The van der Waals surface area contributed by atoms with E-state index in [-0.39, 0.29) is 30.2 Å². The van der Waals surface area contributed by atoms with Crippen molar-refractivity contribution in [3.63, 3.8) is 0 Å². The van der Waals surface area contributed by atoms with Crippen LogP contribution in [0.25, 0.3) is 0 Å². The zero-order valence-electron chi connectivity index (χ0n) is 10.4. The number of benzene rings is 1. The minimum atomic E-state index is -0.472. The van der Waals surface area contributed by atoms with Crippen LogP contribution in [0.1, 0.15) is 24.3 Å². The van der Waals surface area contributed by atoms with Gasteiger partial charge in [-0.3, -0.25) is 4.79 Å². The van der Waals surface area contributed by atoms with Crippen molar-refractivity contribution in [2.75, 3.05) is 13.1 Å². The molecule has 0 saturated heterocycles. The first kappa shape index (κ1) is 15.9. The van der Waals surface area contributed by atoms with E-state index >= 15 is 0 Å². The third kappa shape index (κ3) is 3.88. The van der Waals surface area contributed by atoms with Gasteiger partial charge >= 0.3 is 0 Å². The van der Waals surface area contributed by atoms with Crippen molar-refractivity contribution in [3.8, 4) is 0 Å². The van der Waals surface area contributed by atoms with Gasteiger partial charge in [-0.1, -0.05) is 0 Å². The lowest BCUT2D eigenvalue weighted by molar-refractivity contribution is -0.122. The van der Waals surface area contributed by atoms with Crippen LogP contribution in [0.2, 0.25) is 0 Å². The van der Waals surface area contributed by atoms with Gasteiger partial charge in [0, 0.05) is 12.5 Å². The van der Waals surface area contributed by atoms with Gasteiger partial charge in [-0.25, -0.2) is 8.78 Å². The van der Waals surface area contributed by atoms with Gasteiger partial charge in [0.2, 0.25) is 5.91 Å². The van der Waals surface area contributed by atoms with Crippen LogP contribution >= 0.6 is 12.4 Å². The summed E-state index contributed by atoms with van der Waals surface area (Å²) in [6.07, 6.45) is 1.30. The molecule has 0 radical (unpaired) electrons. The van der Waals surface area contributed by atoms with Crippen LogP contribution in [0.5, 0.6) is 0 Å². The normalized spacial score (nSPS) is 20.6. The molecular weight excluding hydrogens is 274 g/mol. The maximum absolute atomic E-state index is 13.5. The minimum Gasteiger partial charge on any atom is -0.356 e. The maximum atomic E-state index is 13.5. The average molecular weight is 291 g/mol. The fraction of sp³-hybridized carbons (Fsp3) is 0.462. The number of nitrogens with two attached hydrogens (primary N) is 1. The Kier molecular flexibility index (Phi) is 5.69. The Morgan fingerprint density at radius 1 is 1.42 bits per heavy atom. The first-order chi connectivity index (χ1) is 8.63. The van der Waals surface area contributed by atoms with E-state index in [0.717, 1.165) is 18.6 Å². The van der Waals surface area contributed by atoms with E-state index in [0.29, 0.717) is 25.1 Å². The lowest BCUT2D eigenvalue weighted by Gasteiger charge is -2.05. The number of rotatable bonds is 5. The van der Waals surface area contributed by atoms with Gasteiger partial charge in [0.05, 0.1) is 0 Å². The zero-order valence-corrected chi connectivity index (χ0v) is 11.2. The molecule has 0 heterocycles. The summed E-state index contributed by atoms with van der Waals surface area (Å²) in [6.45, 7) is 1.05. The monoisotopic (exact) mass is 290 g/mol. The van der Waals surface area contributed by atoms with Crippen LogP contribution < -0.4 is 11.1 Å². The highest BCUT2D eigenvalue weighted by Crippen LogP contribution is 2.48. The van der Waals surface area contributed by atoms with Crippen LogP contribution in [-0.2, 0) is 4.79 Å². The van der Waals surface area contributed by atoms with Gasteiger partial charge in [0.15, 0.2) is 0 Å². The van der Waals surface area contributed by atoms with Crippen molar-refractivity contribution in [3.05, 3.63) is 35.4 Å². The van der Waals surface area contributed by atoms with E-state index in [1.54, 1.807) is 0 Å². The number of hydrogen-bond donors (Lipinski definition) is 2. The molecule has 1 aliphatic carbocycles. The van der Waals surface area contributed by atoms with Crippen LogP contribution in [0.4, 0.5) is 8.78 Å². The molecule has 106 valence electrons. The highest BCUT2D eigenvalue weighted by Gasteiger charge is 2.45. The quantitative estimate of drug-likeness (QED) is 0.815. The highest BCUT2D eigenvalue weighted by molar-refractivity contribution is 5.85. The van der Waals surface area contributed by atoms with E-state index in [1.807, 2.05) is 0 Å². The second-order valence-corrected chi connectivity index (χ2v) is 4.55. The van der Waals surface area contributed by atoms with Crippen LogP contribution in [0.3, 0.4) is 0 Å². The minimum absolute atomic E-state index is 0. The molecule has 1 aromatic carbocycles. The topological polar surface area (TPSA) is 55.1 Å². The van der Waals surface area contributed by atoms with Crippen LogP contribution in [-0.4, -0.2) is 19.0 Å². The molecule has 3 N–H and O–H groups in total. The van der Waals surface area contributed by atoms with Crippen molar-refractivity contribution in [2.45, 2.75) is 18.8 Å². The summed E-state index contributed by atoms with van der Waals surface area (Å²) in [5.74, 6) is -1.45. The summed E-state index contributed by atoms with van der Waals surface area (Å²) in [5.41, 5.74) is 5.62. The van der Waals surface area contributed by atoms with Gasteiger partial charge < -0.3 is 11.1 Å². The molecule has 19 heavy (non-hydrogen) atoms. The molecule has 1 saturated carbocycles. The van der Waals surface area contributed by atoms with Crippen molar-refractivity contribution in [2.24, 2.45) is 11.7 Å². The third-order valence-electron chi connectivity index (χ3n) is 3.16. The largest absolute Gasteiger partial charge is 0.356 e. The first-order valence-electron chi connectivity index (χ1n) is 6.06. The smallest absolute Gasteiger partial charge is 0.223 e. The molecule has 2 rings (SSSR count). The van der Waals surface area contributed by atoms with Crippen molar-refractivity contribution >= 4 is 18.3 Å². The molecule has 1 aliphatic rings. The molecule has 0 aromatic heterocycles. The lowest BCUT2D eigenvalue weighted by Crippen LogP contribution is -2.27. The van der Waals surface area contributed by atoms with Crippen molar-refractivity contribution in [1.29, 1.82) is 0 Å². The fourth-order valence-corrected chi connectivity index (χ4v) is 2.07. The Balaban J connectivity index is 0.00000180. The molecule has 1 amide bonds. The molecule has 0 bridgehead atoms. The third-order valence-corrected chi connectivity index (χ3v) is 3.16. The Morgan fingerprint density at radius 2 is 2.16 bits per heavy atom. The first-order valence-corrected chi connectivity index (χ1v) is 6.06. The molecule has 6 heteroatoms. The van der Waals surface area contributed by atoms with Crippen molar-refractivity contribution < 1.29 is 13.6 Å². The molecule has 3 nitrogen and oxygen atoms in total. The predicted molar refractivity (Wildman–Crippen MR) is 71.1 cm³/mol. The second kappa shape index (κ2) is 6.82. The molecule has 1 aromatic rings. The Morgan fingerprint density at radius 3 is 2.84 bits per heavy atom. The fourth-order valence-electron chi connectivity index (χ4n) is 2.07. The Bertz CT molecular complexity index is 456. The van der Waals surface area contributed by atoms with Crippen LogP contribution in [0, 0.1) is 17.6 Å². The molecule has 2 unspecified atom stereocenters. The number of carbonyl (C=O) groups excluding carboxylic acids is 1. The van der Waals surface area contributed by atoms with Gasteiger partial charge in [-0.15, -0.1) is 12.4 Å². The van der Waals surface area contributed by atoms with E-state index in [9.17, 15) is 13.6 Å². The van der Waals surface area contributed by atoms with Gasteiger partial charge in [0.1, 0.15) is 11.6 Å². The standard InChI is InChI=1S/C13H16F2N2O.ClH/c14-8-2-3-12(15)10(6-8)9-7-11(9)13(18)17-5-1-4-16;/h2-3,6,9,11H,1,4-5,7,16H2,(H,17,18);1H. The van der Waals surface area contributed by atoms with E-state index < -0.39 is 11.6 Å². The number of nitrogens with one attached hydrogen (secondary N) is 1. The molecule has 1 fully saturated rings. The summed E-state index contributed by atoms with van der Waals surface area (Å²) in [7, 11) is 0. The van der Waals surface area contributed by atoms with Crippen LogP contribution in [0.15, 0.2) is 18.2 Å². The molecule has 0 aliphatic heterocycles. The summed E-state index contributed by atoms with van der Waals surface area (Å²) >= 11 is 0. The van der Waals surface area contributed by atoms with Gasteiger partial charge in [-0.05, 0) is 49.1 Å². The summed E-state index contributed by atoms with van der Waals surface area (Å²) in [6, 6.07) is 3.36. The lowest BCUT2D eigenvalue weighted by atomic mass is 10.1. The average Bonchev–Trinajstić information content (AvgIpc) is 3.12. The summed E-state index contributed by atoms with van der Waals surface area (Å²) < 4.78 is 26.5. The van der Waals surface area contributed by atoms with Crippen molar-refractivity contribution in [1.82, 2.24) is 5.32 Å². The second-order valence-electron chi connectivity index (χ2n) is 4.55. The molecular formula is C13H17ClF2N2O. The Labute approximate surface area is 117 Å². The number of halogens is 3. The number of amides is 1. The Hall–Kier alpha value is -1.20. The van der Waals surface area contributed by atoms with E-state index in [4.69, 9.17) is 5.73 Å².